The molecule has 0 aromatic heterocycles. The standard InChI is InChI=1S/C10H13N3O/c11-9-6-10(14)12-13(9)7-8-4-2-1-3-5-8/h1-5,9H,6-7,11H2,(H,12,14). The van der Waals surface area contributed by atoms with E-state index < -0.39 is 0 Å². The second kappa shape index (κ2) is 3.77. The van der Waals surface area contributed by atoms with Crippen molar-refractivity contribution >= 4 is 5.91 Å². The third-order valence-electron chi connectivity index (χ3n) is 2.26. The van der Waals surface area contributed by atoms with E-state index in [2.05, 4.69) is 5.43 Å². The normalized spacial score (nSPS) is 22.4. The maximum Gasteiger partial charge on any atom is 0.237 e. The number of nitrogens with two attached hydrogens (primary N) is 1. The summed E-state index contributed by atoms with van der Waals surface area (Å²) >= 11 is 0. The van der Waals surface area contributed by atoms with E-state index in [9.17, 15) is 4.79 Å². The molecule has 1 amide bonds. The second-order valence-corrected chi connectivity index (χ2v) is 3.42. The van der Waals surface area contributed by atoms with Gasteiger partial charge in [0.15, 0.2) is 0 Å². The quantitative estimate of drug-likeness (QED) is 0.702. The molecule has 74 valence electrons. The lowest BCUT2D eigenvalue weighted by Gasteiger charge is -2.19. The first-order valence-corrected chi connectivity index (χ1v) is 4.61. The molecule has 4 heteroatoms. The molecule has 3 N–H and O–H groups in total. The van der Waals surface area contributed by atoms with Gasteiger partial charge >= 0.3 is 0 Å². The van der Waals surface area contributed by atoms with Crippen LogP contribution in [0.5, 0.6) is 0 Å². The number of hydrogen-bond acceptors (Lipinski definition) is 3. The maximum absolute atomic E-state index is 11.0. The van der Waals surface area contributed by atoms with Gasteiger partial charge in [0.2, 0.25) is 5.91 Å². The first-order chi connectivity index (χ1) is 6.75. The van der Waals surface area contributed by atoms with E-state index in [1.54, 1.807) is 5.01 Å². The highest BCUT2D eigenvalue weighted by Crippen LogP contribution is 2.09. The number of amides is 1. The van der Waals surface area contributed by atoms with Crippen LogP contribution < -0.4 is 11.2 Å². The first kappa shape index (κ1) is 9.18. The zero-order chi connectivity index (χ0) is 9.97. The van der Waals surface area contributed by atoms with E-state index in [0.717, 1.165) is 5.56 Å². The number of rotatable bonds is 2. The highest BCUT2D eigenvalue weighted by atomic mass is 16.2. The van der Waals surface area contributed by atoms with Gasteiger partial charge in [-0.25, -0.2) is 0 Å². The minimum Gasteiger partial charge on any atom is -0.314 e. The average molecular weight is 191 g/mol. The largest absolute Gasteiger partial charge is 0.314 e. The monoisotopic (exact) mass is 191 g/mol. The molecule has 1 atom stereocenters. The maximum atomic E-state index is 11.0. The van der Waals surface area contributed by atoms with Crippen LogP contribution in [0.2, 0.25) is 0 Å². The second-order valence-electron chi connectivity index (χ2n) is 3.42. The predicted octanol–water partition coefficient (Wildman–Crippen LogP) is 0.208. The Labute approximate surface area is 82.7 Å². The van der Waals surface area contributed by atoms with E-state index in [-0.39, 0.29) is 12.1 Å². The summed E-state index contributed by atoms with van der Waals surface area (Å²) < 4.78 is 0. The molecule has 1 aromatic carbocycles. The molecule has 0 saturated carbocycles. The number of hydrazine groups is 1. The highest BCUT2D eigenvalue weighted by Gasteiger charge is 2.26. The summed E-state index contributed by atoms with van der Waals surface area (Å²) in [6.07, 6.45) is 0.176. The van der Waals surface area contributed by atoms with E-state index >= 15 is 0 Å². The minimum atomic E-state index is -0.206. The molecule has 14 heavy (non-hydrogen) atoms. The first-order valence-electron chi connectivity index (χ1n) is 4.61. The summed E-state index contributed by atoms with van der Waals surface area (Å²) in [5, 5.41) is 1.76. The number of nitrogens with one attached hydrogen (secondary N) is 1. The van der Waals surface area contributed by atoms with Gasteiger partial charge in [0, 0.05) is 6.54 Å². The Balaban J connectivity index is 2.02. The summed E-state index contributed by atoms with van der Waals surface area (Å²) in [6.45, 7) is 0.660. The van der Waals surface area contributed by atoms with Crippen LogP contribution in [-0.4, -0.2) is 17.1 Å². The highest BCUT2D eigenvalue weighted by molar-refractivity contribution is 5.77. The molecular weight excluding hydrogens is 178 g/mol. The van der Waals surface area contributed by atoms with Crippen LogP contribution in [0.15, 0.2) is 30.3 Å². The van der Waals surface area contributed by atoms with Crippen LogP contribution in [0, 0.1) is 0 Å². The van der Waals surface area contributed by atoms with Crippen molar-refractivity contribution in [2.75, 3.05) is 0 Å². The molecule has 0 aliphatic carbocycles. The van der Waals surface area contributed by atoms with Gasteiger partial charge in [0.05, 0.1) is 12.6 Å². The van der Waals surface area contributed by atoms with Gasteiger partial charge in [-0.3, -0.25) is 10.2 Å². The van der Waals surface area contributed by atoms with Crippen LogP contribution in [0.1, 0.15) is 12.0 Å². The third kappa shape index (κ3) is 1.92. The summed E-state index contributed by atoms with van der Waals surface area (Å²) in [5.74, 6) is -0.00608. The molecule has 1 unspecified atom stereocenters. The Morgan fingerprint density at radius 2 is 2.14 bits per heavy atom. The lowest BCUT2D eigenvalue weighted by Crippen LogP contribution is -2.42. The van der Waals surface area contributed by atoms with Crippen molar-refractivity contribution in [3.63, 3.8) is 0 Å². The molecule has 1 aromatic rings. The van der Waals surface area contributed by atoms with Crippen LogP contribution in [-0.2, 0) is 11.3 Å². The van der Waals surface area contributed by atoms with E-state index in [1.165, 1.54) is 0 Å². The van der Waals surface area contributed by atoms with Gasteiger partial charge in [-0.15, -0.1) is 0 Å². The fourth-order valence-corrected chi connectivity index (χ4v) is 1.53. The number of carbonyl (C=O) groups is 1. The zero-order valence-corrected chi connectivity index (χ0v) is 7.81. The fraction of sp³-hybridized carbons (Fsp3) is 0.300. The van der Waals surface area contributed by atoms with E-state index in [0.29, 0.717) is 13.0 Å². The third-order valence-corrected chi connectivity index (χ3v) is 2.26. The molecule has 0 spiro atoms. The van der Waals surface area contributed by atoms with E-state index in [4.69, 9.17) is 5.73 Å². The van der Waals surface area contributed by atoms with Crippen LogP contribution in [0.3, 0.4) is 0 Å². The van der Waals surface area contributed by atoms with Crippen molar-refractivity contribution in [2.45, 2.75) is 19.1 Å². The molecule has 2 rings (SSSR count). The molecule has 1 aliphatic heterocycles. The average Bonchev–Trinajstić information content (AvgIpc) is 2.47. The Morgan fingerprint density at radius 3 is 2.71 bits per heavy atom. The molecule has 1 fully saturated rings. The van der Waals surface area contributed by atoms with Crippen LogP contribution in [0.4, 0.5) is 0 Å². The topological polar surface area (TPSA) is 58.4 Å². The SMILES string of the molecule is NC1CC(=O)NN1Cc1ccccc1. The molecule has 1 aliphatic rings. The molecule has 0 radical (unpaired) electrons. The smallest absolute Gasteiger partial charge is 0.237 e. The van der Waals surface area contributed by atoms with Gasteiger partial charge in [0.25, 0.3) is 0 Å². The predicted molar refractivity (Wildman–Crippen MR) is 52.7 cm³/mol. The van der Waals surface area contributed by atoms with Gasteiger partial charge in [0.1, 0.15) is 0 Å². The Hall–Kier alpha value is -1.39. The lowest BCUT2D eigenvalue weighted by atomic mass is 10.2. The van der Waals surface area contributed by atoms with Crippen molar-refractivity contribution in [1.82, 2.24) is 10.4 Å². The zero-order valence-electron chi connectivity index (χ0n) is 7.81. The molecule has 0 bridgehead atoms. The molecular formula is C10H13N3O. The molecule has 1 heterocycles. The van der Waals surface area contributed by atoms with Crippen LogP contribution >= 0.6 is 0 Å². The van der Waals surface area contributed by atoms with Crippen LogP contribution in [0.25, 0.3) is 0 Å². The summed E-state index contributed by atoms with van der Waals surface area (Å²) in [6, 6.07) is 9.93. The minimum absolute atomic E-state index is 0.00608. The Bertz CT molecular complexity index is 325. The van der Waals surface area contributed by atoms with Gasteiger partial charge in [-0.2, -0.15) is 5.01 Å². The Morgan fingerprint density at radius 1 is 1.43 bits per heavy atom. The molecule has 4 nitrogen and oxygen atoms in total. The number of nitrogens with zero attached hydrogens (tertiary/aromatic N) is 1. The van der Waals surface area contributed by atoms with Crippen molar-refractivity contribution in [1.29, 1.82) is 0 Å². The number of carbonyl (C=O) groups excluding carboxylic acids is 1. The number of benzene rings is 1. The van der Waals surface area contributed by atoms with E-state index in [1.807, 2.05) is 30.3 Å². The summed E-state index contributed by atoms with van der Waals surface area (Å²) in [7, 11) is 0. The fourth-order valence-electron chi connectivity index (χ4n) is 1.53. The van der Waals surface area contributed by atoms with Gasteiger partial charge < -0.3 is 5.73 Å². The van der Waals surface area contributed by atoms with Crippen molar-refractivity contribution < 1.29 is 4.79 Å². The van der Waals surface area contributed by atoms with Crippen molar-refractivity contribution in [2.24, 2.45) is 5.73 Å². The molecule has 1 saturated heterocycles. The van der Waals surface area contributed by atoms with Gasteiger partial charge in [-0.1, -0.05) is 30.3 Å². The summed E-state index contributed by atoms with van der Waals surface area (Å²) in [4.78, 5) is 11.0. The van der Waals surface area contributed by atoms with Gasteiger partial charge in [-0.05, 0) is 5.56 Å². The number of hydrogen-bond donors (Lipinski definition) is 2. The van der Waals surface area contributed by atoms with Crippen molar-refractivity contribution in [3.05, 3.63) is 35.9 Å². The Kier molecular flexibility index (Phi) is 2.47. The lowest BCUT2D eigenvalue weighted by molar-refractivity contribution is -0.121. The van der Waals surface area contributed by atoms with Crippen molar-refractivity contribution in [3.8, 4) is 0 Å². The summed E-state index contributed by atoms with van der Waals surface area (Å²) in [5.41, 5.74) is 9.62.